The van der Waals surface area contributed by atoms with Crippen LogP contribution in [0.2, 0.25) is 5.15 Å². The number of carbonyl (C=O) groups is 2. The molecule has 0 amide bonds. The fraction of sp³-hybridized carbons (Fsp3) is 0.150. The number of aromatic nitrogens is 1. The Morgan fingerprint density at radius 2 is 1.69 bits per heavy atom. The molecule has 0 bridgehead atoms. The highest BCUT2D eigenvalue weighted by molar-refractivity contribution is 6.29. The summed E-state index contributed by atoms with van der Waals surface area (Å²) in [7, 11) is 1.55. The van der Waals surface area contributed by atoms with Gasteiger partial charge in [-0.1, -0.05) is 11.6 Å². The molecule has 1 atom stereocenters. The summed E-state index contributed by atoms with van der Waals surface area (Å²) in [6.07, 6.45) is -0.907. The maximum Gasteiger partial charge on any atom is 0.338 e. The third kappa shape index (κ3) is 3.83. The molecule has 0 spiro atoms. The highest BCUT2D eigenvalue weighted by Crippen LogP contribution is 2.19. The Kier molecular flexibility index (Phi) is 5.19. The summed E-state index contributed by atoms with van der Waals surface area (Å²) in [6.45, 7) is 1.55. The maximum atomic E-state index is 12.4. The van der Waals surface area contributed by atoms with E-state index in [9.17, 15) is 9.59 Å². The van der Waals surface area contributed by atoms with Crippen molar-refractivity contribution in [2.75, 3.05) is 7.11 Å². The Hall–Kier alpha value is -2.92. The first-order chi connectivity index (χ1) is 12.5. The van der Waals surface area contributed by atoms with Crippen molar-refractivity contribution >= 4 is 34.3 Å². The van der Waals surface area contributed by atoms with Crippen LogP contribution < -0.4 is 4.74 Å². The highest BCUT2D eigenvalue weighted by Gasteiger charge is 2.20. The zero-order valence-corrected chi connectivity index (χ0v) is 15.0. The summed E-state index contributed by atoms with van der Waals surface area (Å²) in [4.78, 5) is 28.9. The second kappa shape index (κ2) is 7.54. The summed E-state index contributed by atoms with van der Waals surface area (Å²) >= 11 is 5.85. The Labute approximate surface area is 155 Å². The number of hydrogen-bond donors (Lipinski definition) is 0. The zero-order valence-electron chi connectivity index (χ0n) is 14.2. The third-order valence-corrected chi connectivity index (χ3v) is 4.13. The monoisotopic (exact) mass is 369 g/mol. The van der Waals surface area contributed by atoms with Gasteiger partial charge in [-0.3, -0.25) is 4.79 Å². The highest BCUT2D eigenvalue weighted by atomic mass is 35.5. The van der Waals surface area contributed by atoms with Crippen LogP contribution in [0.4, 0.5) is 0 Å². The van der Waals surface area contributed by atoms with Crippen molar-refractivity contribution in [3.05, 3.63) is 70.9 Å². The molecule has 1 heterocycles. The summed E-state index contributed by atoms with van der Waals surface area (Å²) in [5.41, 5.74) is 1.47. The van der Waals surface area contributed by atoms with E-state index < -0.39 is 12.1 Å². The van der Waals surface area contributed by atoms with Gasteiger partial charge in [0.15, 0.2) is 6.10 Å². The van der Waals surface area contributed by atoms with Gasteiger partial charge < -0.3 is 9.47 Å². The molecular formula is C20H16ClNO4. The molecule has 1 unspecified atom stereocenters. The van der Waals surface area contributed by atoms with Crippen molar-refractivity contribution < 1.29 is 19.1 Å². The van der Waals surface area contributed by atoms with Crippen molar-refractivity contribution in [1.82, 2.24) is 4.98 Å². The van der Waals surface area contributed by atoms with Crippen LogP contribution in [0.15, 0.2) is 54.6 Å². The molecule has 3 aromatic rings. The van der Waals surface area contributed by atoms with Crippen LogP contribution >= 0.6 is 11.6 Å². The summed E-state index contributed by atoms with van der Waals surface area (Å²) < 4.78 is 10.4. The minimum Gasteiger partial charge on any atom is -0.497 e. The van der Waals surface area contributed by atoms with Crippen molar-refractivity contribution in [1.29, 1.82) is 0 Å². The molecule has 0 aliphatic carbocycles. The first kappa shape index (κ1) is 17.9. The predicted octanol–water partition coefficient (Wildman–Crippen LogP) is 4.33. The van der Waals surface area contributed by atoms with E-state index in [-0.39, 0.29) is 5.78 Å². The van der Waals surface area contributed by atoms with Crippen molar-refractivity contribution in [2.45, 2.75) is 13.0 Å². The van der Waals surface area contributed by atoms with Gasteiger partial charge in [0.05, 0.1) is 18.2 Å². The third-order valence-electron chi connectivity index (χ3n) is 3.92. The van der Waals surface area contributed by atoms with Crippen LogP contribution in [-0.2, 0) is 4.74 Å². The first-order valence-electron chi connectivity index (χ1n) is 7.93. The average molecular weight is 370 g/mol. The Bertz CT molecular complexity index is 969. The van der Waals surface area contributed by atoms with Crippen molar-refractivity contribution in [2.24, 2.45) is 0 Å². The molecule has 0 aliphatic rings. The number of carbonyl (C=O) groups excluding carboxylic acids is 2. The SMILES string of the molecule is COc1ccc(C(=O)C(C)OC(=O)c2ccc3nc(Cl)ccc3c2)cc1. The lowest BCUT2D eigenvalue weighted by Crippen LogP contribution is -2.24. The van der Waals surface area contributed by atoms with E-state index >= 15 is 0 Å². The number of hydrogen-bond acceptors (Lipinski definition) is 5. The average Bonchev–Trinajstić information content (AvgIpc) is 2.66. The molecule has 3 rings (SSSR count). The fourth-order valence-corrected chi connectivity index (χ4v) is 2.65. The maximum absolute atomic E-state index is 12.4. The molecule has 6 heteroatoms. The molecule has 1 aromatic heterocycles. The molecule has 0 saturated heterocycles. The second-order valence-electron chi connectivity index (χ2n) is 5.68. The molecule has 0 N–H and O–H groups in total. The number of pyridine rings is 1. The summed E-state index contributed by atoms with van der Waals surface area (Å²) in [6, 6.07) is 15.0. The second-order valence-corrected chi connectivity index (χ2v) is 6.07. The van der Waals surface area contributed by atoms with Gasteiger partial charge in [0.25, 0.3) is 0 Å². The van der Waals surface area contributed by atoms with E-state index in [1.165, 1.54) is 0 Å². The van der Waals surface area contributed by atoms with E-state index in [0.29, 0.717) is 27.5 Å². The lowest BCUT2D eigenvalue weighted by Gasteiger charge is -2.13. The first-order valence-corrected chi connectivity index (χ1v) is 8.31. The normalized spacial score (nSPS) is 11.8. The van der Waals surface area contributed by atoms with Crippen LogP contribution in [0.1, 0.15) is 27.6 Å². The van der Waals surface area contributed by atoms with Gasteiger partial charge in [-0.15, -0.1) is 0 Å². The van der Waals surface area contributed by atoms with Crippen LogP contribution in [0.25, 0.3) is 10.9 Å². The topological polar surface area (TPSA) is 65.5 Å². The number of methoxy groups -OCH3 is 1. The minimum atomic E-state index is -0.907. The summed E-state index contributed by atoms with van der Waals surface area (Å²) in [5.74, 6) is -0.206. The van der Waals surface area contributed by atoms with Crippen LogP contribution in [0.3, 0.4) is 0 Å². The lowest BCUT2D eigenvalue weighted by molar-refractivity contribution is 0.0319. The number of fused-ring (bicyclic) bond motifs is 1. The quantitative estimate of drug-likeness (QED) is 0.380. The smallest absolute Gasteiger partial charge is 0.338 e. The van der Waals surface area contributed by atoms with Gasteiger partial charge in [0.1, 0.15) is 10.9 Å². The molecule has 26 heavy (non-hydrogen) atoms. The van der Waals surface area contributed by atoms with E-state index in [1.54, 1.807) is 68.6 Å². The van der Waals surface area contributed by atoms with Crippen molar-refractivity contribution in [3.8, 4) is 5.75 Å². The number of esters is 1. The Morgan fingerprint density at radius 1 is 1.00 bits per heavy atom. The van der Waals surface area contributed by atoms with Gasteiger partial charge in [0.2, 0.25) is 5.78 Å². The summed E-state index contributed by atoms with van der Waals surface area (Å²) in [5, 5.41) is 1.14. The number of ketones is 1. The van der Waals surface area contributed by atoms with Crippen LogP contribution in [-0.4, -0.2) is 30.0 Å². The molecule has 132 valence electrons. The minimum absolute atomic E-state index is 0.282. The number of benzene rings is 2. The predicted molar refractivity (Wildman–Crippen MR) is 99.0 cm³/mol. The van der Waals surface area contributed by atoms with Gasteiger partial charge in [-0.25, -0.2) is 9.78 Å². The molecule has 0 fully saturated rings. The Morgan fingerprint density at radius 3 is 2.38 bits per heavy atom. The van der Waals surface area contributed by atoms with E-state index in [4.69, 9.17) is 21.1 Å². The lowest BCUT2D eigenvalue weighted by atomic mass is 10.1. The standard InChI is InChI=1S/C20H16ClNO4/c1-12(19(23)13-3-7-16(25-2)8-4-13)26-20(24)15-5-9-17-14(11-15)6-10-18(21)22-17/h3-12H,1-2H3. The molecular weight excluding hydrogens is 354 g/mol. The molecule has 0 saturated carbocycles. The Balaban J connectivity index is 1.73. The molecule has 0 radical (unpaired) electrons. The molecule has 2 aromatic carbocycles. The van der Waals surface area contributed by atoms with Gasteiger partial charge >= 0.3 is 5.97 Å². The molecule has 5 nitrogen and oxygen atoms in total. The van der Waals surface area contributed by atoms with Crippen molar-refractivity contribution in [3.63, 3.8) is 0 Å². The van der Waals surface area contributed by atoms with Gasteiger partial charge in [-0.05, 0) is 61.5 Å². The van der Waals surface area contributed by atoms with E-state index in [0.717, 1.165) is 5.39 Å². The van der Waals surface area contributed by atoms with Gasteiger partial charge in [-0.2, -0.15) is 0 Å². The van der Waals surface area contributed by atoms with E-state index in [1.807, 2.05) is 0 Å². The number of halogens is 1. The number of rotatable bonds is 5. The van der Waals surface area contributed by atoms with Gasteiger partial charge in [0, 0.05) is 10.9 Å². The van der Waals surface area contributed by atoms with Crippen LogP contribution in [0, 0.1) is 0 Å². The number of Topliss-reactive ketones (excluding diaryl/α,β-unsaturated/α-hetero) is 1. The largest absolute Gasteiger partial charge is 0.497 e. The molecule has 0 aliphatic heterocycles. The van der Waals surface area contributed by atoms with Crippen LogP contribution in [0.5, 0.6) is 5.75 Å². The fourth-order valence-electron chi connectivity index (χ4n) is 2.50. The zero-order chi connectivity index (χ0) is 18.7. The number of ether oxygens (including phenoxy) is 2. The number of nitrogens with zero attached hydrogens (tertiary/aromatic N) is 1. The van der Waals surface area contributed by atoms with E-state index in [2.05, 4.69) is 4.98 Å².